The van der Waals surface area contributed by atoms with E-state index in [1.165, 1.54) is 11.6 Å². The van der Waals surface area contributed by atoms with Gasteiger partial charge in [0.25, 0.3) is 5.91 Å². The molecule has 2 aliphatic heterocycles. The molecule has 230 valence electrons. The van der Waals surface area contributed by atoms with E-state index < -0.39 is 11.9 Å². The van der Waals surface area contributed by atoms with Crippen molar-refractivity contribution in [2.45, 2.75) is 32.5 Å². The number of ether oxygens (including phenoxy) is 2. The zero-order chi connectivity index (χ0) is 30.6. The Kier molecular flexibility index (Phi) is 9.24. The van der Waals surface area contributed by atoms with Crippen molar-refractivity contribution in [3.63, 3.8) is 0 Å². The summed E-state index contributed by atoms with van der Waals surface area (Å²) >= 11 is 0. The molecule has 5 rings (SSSR count). The minimum atomic E-state index is -4.55. The summed E-state index contributed by atoms with van der Waals surface area (Å²) in [5, 5.41) is 3.63. The van der Waals surface area contributed by atoms with Gasteiger partial charge in [-0.3, -0.25) is 14.3 Å². The molecule has 0 saturated carbocycles. The standard InChI is InChI=1S/C31H36F3N5O4/c1-22-18-28(31(32,33)34)35-39(22)9-8-29(40)38-11-10-36(2)30(41)24-5-3-4-23(19-24)20-25-21-26(37-12-15-42-16-13-37)6-7-27(25)43-17-14-38/h3-7,18-19,21H,8-17,20H2,1-2H3. The van der Waals surface area contributed by atoms with Gasteiger partial charge in [-0.2, -0.15) is 18.3 Å². The van der Waals surface area contributed by atoms with Crippen LogP contribution in [0.2, 0.25) is 0 Å². The van der Waals surface area contributed by atoms with Crippen LogP contribution in [-0.2, 0) is 28.7 Å². The van der Waals surface area contributed by atoms with Gasteiger partial charge in [0.2, 0.25) is 5.91 Å². The van der Waals surface area contributed by atoms with Crippen molar-refractivity contribution >= 4 is 17.5 Å². The summed E-state index contributed by atoms with van der Waals surface area (Å²) in [5.41, 5.74) is 2.91. The van der Waals surface area contributed by atoms with Crippen molar-refractivity contribution in [3.8, 4) is 5.75 Å². The van der Waals surface area contributed by atoms with E-state index in [1.54, 1.807) is 22.9 Å². The van der Waals surface area contributed by atoms with Crippen LogP contribution >= 0.6 is 0 Å². The first-order chi connectivity index (χ1) is 20.6. The van der Waals surface area contributed by atoms with Crippen molar-refractivity contribution in [3.05, 3.63) is 76.6 Å². The monoisotopic (exact) mass is 599 g/mol. The highest BCUT2D eigenvalue weighted by Gasteiger charge is 2.34. The molecule has 0 N–H and O–H groups in total. The lowest BCUT2D eigenvalue weighted by Crippen LogP contribution is -2.41. The number of amides is 2. The number of nitrogens with zero attached hydrogens (tertiary/aromatic N) is 5. The summed E-state index contributed by atoms with van der Waals surface area (Å²) < 4.78 is 52.2. The number of anilines is 1. The van der Waals surface area contributed by atoms with Gasteiger partial charge in [0.05, 0.1) is 19.8 Å². The Balaban J connectivity index is 1.36. The Labute approximate surface area is 248 Å². The highest BCUT2D eigenvalue weighted by molar-refractivity contribution is 5.94. The first-order valence-electron chi connectivity index (χ1n) is 14.4. The third kappa shape index (κ3) is 7.48. The summed E-state index contributed by atoms with van der Waals surface area (Å²) in [6, 6.07) is 14.6. The van der Waals surface area contributed by atoms with E-state index in [9.17, 15) is 22.8 Å². The third-order valence-corrected chi connectivity index (χ3v) is 7.82. The molecule has 0 radical (unpaired) electrons. The molecule has 0 atom stereocenters. The quantitative estimate of drug-likeness (QED) is 0.451. The highest BCUT2D eigenvalue weighted by atomic mass is 19.4. The van der Waals surface area contributed by atoms with Crippen molar-refractivity contribution in [2.24, 2.45) is 0 Å². The van der Waals surface area contributed by atoms with Gasteiger partial charge < -0.3 is 24.2 Å². The van der Waals surface area contributed by atoms with Crippen LogP contribution in [0, 0.1) is 6.92 Å². The number of aromatic nitrogens is 2. The predicted molar refractivity (Wildman–Crippen MR) is 154 cm³/mol. The van der Waals surface area contributed by atoms with Crippen LogP contribution in [0.3, 0.4) is 0 Å². The van der Waals surface area contributed by atoms with Gasteiger partial charge in [0.15, 0.2) is 5.69 Å². The molecule has 2 amide bonds. The number of carbonyl (C=O) groups excluding carboxylic acids is 2. The third-order valence-electron chi connectivity index (χ3n) is 7.82. The number of likely N-dealkylation sites (N-methyl/N-ethyl adjacent to an activating group) is 1. The number of morpholine rings is 1. The number of rotatable bonds is 4. The molecule has 1 aromatic heterocycles. The summed E-state index contributed by atoms with van der Waals surface area (Å²) in [4.78, 5) is 32.0. The topological polar surface area (TPSA) is 80.1 Å². The van der Waals surface area contributed by atoms with Crippen LogP contribution in [0.25, 0.3) is 0 Å². The Morgan fingerprint density at radius 2 is 1.77 bits per heavy atom. The van der Waals surface area contributed by atoms with Crippen molar-refractivity contribution in [1.29, 1.82) is 0 Å². The van der Waals surface area contributed by atoms with E-state index in [2.05, 4.69) is 16.1 Å². The molecule has 0 unspecified atom stereocenters. The Morgan fingerprint density at radius 1 is 0.977 bits per heavy atom. The maximum atomic E-state index is 13.3. The number of halogens is 3. The van der Waals surface area contributed by atoms with Crippen LogP contribution in [-0.4, -0.2) is 91.0 Å². The normalized spacial score (nSPS) is 16.9. The number of aryl methyl sites for hydroxylation is 2. The first-order valence-corrected chi connectivity index (χ1v) is 14.4. The molecule has 1 fully saturated rings. The molecule has 2 bridgehead atoms. The highest BCUT2D eigenvalue weighted by Crippen LogP contribution is 2.30. The van der Waals surface area contributed by atoms with Crippen molar-refractivity contribution in [2.75, 3.05) is 64.5 Å². The van der Waals surface area contributed by atoms with Gasteiger partial charge >= 0.3 is 6.18 Å². The average molecular weight is 600 g/mol. The van der Waals surface area contributed by atoms with Crippen molar-refractivity contribution < 1.29 is 32.2 Å². The number of hydrogen-bond acceptors (Lipinski definition) is 6. The summed E-state index contributed by atoms with van der Waals surface area (Å²) in [6.07, 6.45) is -4.04. The molecule has 2 aromatic carbocycles. The van der Waals surface area contributed by atoms with E-state index in [1.807, 2.05) is 30.3 Å². The molecule has 43 heavy (non-hydrogen) atoms. The molecular formula is C31H36F3N5O4. The van der Waals surface area contributed by atoms with Crippen LogP contribution in [0.1, 0.15) is 39.3 Å². The zero-order valence-corrected chi connectivity index (χ0v) is 24.4. The fourth-order valence-electron chi connectivity index (χ4n) is 5.35. The molecule has 3 aromatic rings. The lowest BCUT2D eigenvalue weighted by molar-refractivity contribution is -0.141. The summed E-state index contributed by atoms with van der Waals surface area (Å²) in [7, 11) is 1.69. The predicted octanol–water partition coefficient (Wildman–Crippen LogP) is 4.02. The van der Waals surface area contributed by atoms with Crippen LogP contribution in [0.5, 0.6) is 5.75 Å². The molecule has 12 heteroatoms. The van der Waals surface area contributed by atoms with Crippen LogP contribution < -0.4 is 9.64 Å². The van der Waals surface area contributed by atoms with Gasteiger partial charge in [-0.1, -0.05) is 12.1 Å². The average Bonchev–Trinajstić information content (AvgIpc) is 3.38. The molecule has 2 aliphatic rings. The van der Waals surface area contributed by atoms with Crippen LogP contribution in [0.15, 0.2) is 48.5 Å². The molecule has 0 aliphatic carbocycles. The number of hydrogen-bond donors (Lipinski definition) is 0. The number of benzene rings is 2. The van der Waals surface area contributed by atoms with Crippen LogP contribution in [0.4, 0.5) is 18.9 Å². The molecule has 1 saturated heterocycles. The number of alkyl halides is 3. The van der Waals surface area contributed by atoms with E-state index in [0.717, 1.165) is 36.0 Å². The Morgan fingerprint density at radius 3 is 2.51 bits per heavy atom. The van der Waals surface area contributed by atoms with Gasteiger partial charge in [-0.25, -0.2) is 0 Å². The van der Waals surface area contributed by atoms with Gasteiger partial charge in [0, 0.05) is 75.1 Å². The van der Waals surface area contributed by atoms with E-state index >= 15 is 0 Å². The number of carbonyl (C=O) groups is 2. The second-order valence-electron chi connectivity index (χ2n) is 10.9. The first kappa shape index (κ1) is 30.4. The lowest BCUT2D eigenvalue weighted by Gasteiger charge is -2.30. The van der Waals surface area contributed by atoms with Crippen molar-refractivity contribution in [1.82, 2.24) is 19.6 Å². The smallest absolute Gasteiger partial charge is 0.435 e. The largest absolute Gasteiger partial charge is 0.491 e. The van der Waals surface area contributed by atoms with E-state index in [-0.39, 0.29) is 51.0 Å². The zero-order valence-electron chi connectivity index (χ0n) is 24.4. The fourth-order valence-corrected chi connectivity index (χ4v) is 5.35. The SMILES string of the molecule is Cc1cc(C(F)(F)F)nn1CCC(=O)N1CCOc2ccc(N3CCOCC3)cc2Cc2cccc(c2)C(=O)N(C)CC1. The van der Waals surface area contributed by atoms with E-state index in [4.69, 9.17) is 9.47 Å². The number of fused-ring (bicyclic) bond motifs is 3. The van der Waals surface area contributed by atoms with Gasteiger partial charge in [0.1, 0.15) is 12.4 Å². The fraction of sp³-hybridized carbons (Fsp3) is 0.452. The molecular weight excluding hydrogens is 563 g/mol. The maximum Gasteiger partial charge on any atom is 0.435 e. The second-order valence-corrected chi connectivity index (χ2v) is 10.9. The molecule has 0 spiro atoms. The lowest BCUT2D eigenvalue weighted by atomic mass is 10.0. The Bertz CT molecular complexity index is 1450. The Hall–Kier alpha value is -4.06. The van der Waals surface area contributed by atoms with Gasteiger partial charge in [-0.15, -0.1) is 0 Å². The summed E-state index contributed by atoms with van der Waals surface area (Å²) in [6.45, 7) is 5.45. The minimum Gasteiger partial charge on any atom is -0.491 e. The second kappa shape index (κ2) is 13.1. The minimum absolute atomic E-state index is 0.00676. The summed E-state index contributed by atoms with van der Waals surface area (Å²) in [5.74, 6) is 0.281. The molecule has 9 nitrogen and oxygen atoms in total. The van der Waals surface area contributed by atoms with Gasteiger partial charge in [-0.05, 0) is 48.9 Å². The van der Waals surface area contributed by atoms with E-state index in [0.29, 0.717) is 36.6 Å². The maximum absolute atomic E-state index is 13.3. The molecule has 3 heterocycles.